The Morgan fingerprint density at radius 2 is 1.76 bits per heavy atom. The molecule has 1 amide bonds. The largest absolute Gasteiger partial charge is 0.417 e. The first-order valence-electron chi connectivity index (χ1n) is 7.43. The van der Waals surface area contributed by atoms with Gasteiger partial charge in [-0.25, -0.2) is 0 Å². The van der Waals surface area contributed by atoms with Crippen LogP contribution in [0.3, 0.4) is 0 Å². The zero-order chi connectivity index (χ0) is 18.0. The molecule has 1 heterocycles. The van der Waals surface area contributed by atoms with Crippen molar-refractivity contribution in [3.63, 3.8) is 0 Å². The highest BCUT2D eigenvalue weighted by Gasteiger charge is 2.33. The molecule has 0 saturated carbocycles. The molecular weight excluding hydrogens is 331 g/mol. The minimum absolute atomic E-state index is 0.0589. The molecule has 25 heavy (non-hydrogen) atoms. The van der Waals surface area contributed by atoms with Crippen LogP contribution in [0.2, 0.25) is 0 Å². The van der Waals surface area contributed by atoms with E-state index < -0.39 is 17.6 Å². The first-order chi connectivity index (χ1) is 11.8. The molecule has 0 aliphatic heterocycles. The second-order valence-corrected chi connectivity index (χ2v) is 5.49. The van der Waals surface area contributed by atoms with E-state index in [2.05, 4.69) is 5.10 Å². The van der Waals surface area contributed by atoms with Crippen molar-refractivity contribution in [3.8, 4) is 22.4 Å². The molecule has 0 saturated heterocycles. The molecular formula is C18H14F3N3O. The molecule has 4 nitrogen and oxygen atoms in total. The molecule has 128 valence electrons. The molecule has 2 N–H and O–H groups in total. The molecule has 0 bridgehead atoms. The standard InChI is InChI=1S/C18H14F3N3O/c19-18(20,21)15-7-2-1-6-14(15)12-4-3-5-13(10-12)16-8-9-24(23-16)11-17(22)25/h1-10H,11H2,(H2,22,25). The average Bonchev–Trinajstić information content (AvgIpc) is 3.02. The van der Waals surface area contributed by atoms with Crippen molar-refractivity contribution in [2.24, 2.45) is 5.73 Å². The summed E-state index contributed by atoms with van der Waals surface area (Å²) in [4.78, 5) is 10.9. The fraction of sp³-hybridized carbons (Fsp3) is 0.111. The molecule has 0 aliphatic carbocycles. The Kier molecular flexibility index (Phi) is 4.31. The molecule has 2 aromatic carbocycles. The van der Waals surface area contributed by atoms with Gasteiger partial charge in [0.1, 0.15) is 6.54 Å². The number of hydrogen-bond acceptors (Lipinski definition) is 2. The van der Waals surface area contributed by atoms with Gasteiger partial charge in [-0.3, -0.25) is 9.48 Å². The van der Waals surface area contributed by atoms with Crippen molar-refractivity contribution in [3.05, 3.63) is 66.4 Å². The van der Waals surface area contributed by atoms with Gasteiger partial charge in [-0.2, -0.15) is 18.3 Å². The van der Waals surface area contributed by atoms with Crippen LogP contribution in [0, 0.1) is 0 Å². The summed E-state index contributed by atoms with van der Waals surface area (Å²) in [5.74, 6) is -0.525. The Labute approximate surface area is 141 Å². The minimum Gasteiger partial charge on any atom is -0.368 e. The lowest BCUT2D eigenvalue weighted by atomic mass is 9.97. The summed E-state index contributed by atoms with van der Waals surface area (Å²) < 4.78 is 41.1. The molecule has 0 spiro atoms. The van der Waals surface area contributed by atoms with Crippen molar-refractivity contribution in [2.75, 3.05) is 0 Å². The SMILES string of the molecule is NC(=O)Cn1ccc(-c2cccc(-c3ccccc3C(F)(F)F)c2)n1. The van der Waals surface area contributed by atoms with Crippen LogP contribution in [0.1, 0.15) is 5.56 Å². The number of benzene rings is 2. The van der Waals surface area contributed by atoms with Gasteiger partial charge in [0.2, 0.25) is 5.91 Å². The second-order valence-electron chi connectivity index (χ2n) is 5.49. The lowest BCUT2D eigenvalue weighted by molar-refractivity contribution is -0.137. The molecule has 3 aromatic rings. The summed E-state index contributed by atoms with van der Waals surface area (Å²) in [5, 5.41) is 4.22. The highest BCUT2D eigenvalue weighted by Crippen LogP contribution is 2.37. The number of rotatable bonds is 4. The molecule has 3 rings (SSSR count). The molecule has 1 aromatic heterocycles. The van der Waals surface area contributed by atoms with Crippen LogP contribution in [0.4, 0.5) is 13.2 Å². The lowest BCUT2D eigenvalue weighted by Crippen LogP contribution is -2.18. The van der Waals surface area contributed by atoms with Gasteiger partial charge < -0.3 is 5.73 Å². The van der Waals surface area contributed by atoms with E-state index in [1.54, 1.807) is 42.6 Å². The third kappa shape index (κ3) is 3.71. The van der Waals surface area contributed by atoms with Crippen molar-refractivity contribution in [2.45, 2.75) is 12.7 Å². The summed E-state index contributed by atoms with van der Waals surface area (Å²) in [6, 6.07) is 13.8. The van der Waals surface area contributed by atoms with E-state index >= 15 is 0 Å². The Hall–Kier alpha value is -3.09. The summed E-state index contributed by atoms with van der Waals surface area (Å²) in [6.45, 7) is -0.0589. The number of primary amides is 1. The maximum absolute atomic E-state index is 13.2. The number of alkyl halides is 3. The van der Waals surface area contributed by atoms with Gasteiger partial charge in [-0.05, 0) is 29.3 Å². The number of carbonyl (C=O) groups excluding carboxylic acids is 1. The third-order valence-corrected chi connectivity index (χ3v) is 3.66. The first kappa shape index (κ1) is 16.8. The van der Waals surface area contributed by atoms with E-state index in [1.165, 1.54) is 16.8 Å². The van der Waals surface area contributed by atoms with E-state index in [0.29, 0.717) is 16.8 Å². The van der Waals surface area contributed by atoms with Crippen LogP contribution < -0.4 is 5.73 Å². The van der Waals surface area contributed by atoms with Gasteiger partial charge in [-0.15, -0.1) is 0 Å². The van der Waals surface area contributed by atoms with Gasteiger partial charge in [0, 0.05) is 11.8 Å². The zero-order valence-electron chi connectivity index (χ0n) is 13.0. The van der Waals surface area contributed by atoms with Crippen LogP contribution in [-0.2, 0) is 17.5 Å². The Morgan fingerprint density at radius 3 is 2.48 bits per heavy atom. The Morgan fingerprint density at radius 1 is 1.04 bits per heavy atom. The summed E-state index contributed by atoms with van der Waals surface area (Å²) in [5.41, 5.74) is 6.18. The van der Waals surface area contributed by atoms with E-state index in [1.807, 2.05) is 0 Å². The van der Waals surface area contributed by atoms with Crippen LogP contribution in [0.25, 0.3) is 22.4 Å². The van der Waals surface area contributed by atoms with Gasteiger partial charge in [0.05, 0.1) is 11.3 Å². The smallest absolute Gasteiger partial charge is 0.368 e. The number of amides is 1. The second kappa shape index (κ2) is 6.43. The highest BCUT2D eigenvalue weighted by atomic mass is 19.4. The number of carbonyl (C=O) groups is 1. The fourth-order valence-corrected chi connectivity index (χ4v) is 2.59. The molecule has 0 unspecified atom stereocenters. The van der Waals surface area contributed by atoms with Crippen LogP contribution in [-0.4, -0.2) is 15.7 Å². The van der Waals surface area contributed by atoms with E-state index in [-0.39, 0.29) is 12.1 Å². The average molecular weight is 345 g/mol. The molecule has 0 aliphatic rings. The van der Waals surface area contributed by atoms with Gasteiger partial charge in [0.25, 0.3) is 0 Å². The molecule has 7 heteroatoms. The first-order valence-corrected chi connectivity index (χ1v) is 7.43. The predicted octanol–water partition coefficient (Wildman–Crippen LogP) is 3.72. The van der Waals surface area contributed by atoms with E-state index in [9.17, 15) is 18.0 Å². The zero-order valence-corrected chi connectivity index (χ0v) is 13.0. The van der Waals surface area contributed by atoms with Crippen molar-refractivity contribution in [1.29, 1.82) is 0 Å². The molecule has 0 fully saturated rings. The van der Waals surface area contributed by atoms with E-state index in [0.717, 1.165) is 6.07 Å². The number of halogens is 3. The van der Waals surface area contributed by atoms with Crippen LogP contribution in [0.15, 0.2) is 60.8 Å². The van der Waals surface area contributed by atoms with Crippen molar-refractivity contribution < 1.29 is 18.0 Å². The topological polar surface area (TPSA) is 60.9 Å². The minimum atomic E-state index is -4.43. The number of nitrogens with zero attached hydrogens (tertiary/aromatic N) is 2. The quantitative estimate of drug-likeness (QED) is 0.783. The van der Waals surface area contributed by atoms with Crippen molar-refractivity contribution in [1.82, 2.24) is 9.78 Å². The van der Waals surface area contributed by atoms with Crippen LogP contribution in [0.5, 0.6) is 0 Å². The predicted molar refractivity (Wildman–Crippen MR) is 87.3 cm³/mol. The summed E-state index contributed by atoms with van der Waals surface area (Å²) in [7, 11) is 0. The Bertz CT molecular complexity index is 916. The number of nitrogens with two attached hydrogens (primary N) is 1. The van der Waals surface area contributed by atoms with E-state index in [4.69, 9.17) is 5.73 Å². The Balaban J connectivity index is 2.01. The molecule has 0 radical (unpaired) electrons. The monoisotopic (exact) mass is 345 g/mol. The maximum Gasteiger partial charge on any atom is 0.417 e. The third-order valence-electron chi connectivity index (χ3n) is 3.66. The van der Waals surface area contributed by atoms with Gasteiger partial charge >= 0.3 is 6.18 Å². The number of aromatic nitrogens is 2. The highest BCUT2D eigenvalue weighted by molar-refractivity contribution is 5.75. The maximum atomic E-state index is 13.2. The number of hydrogen-bond donors (Lipinski definition) is 1. The van der Waals surface area contributed by atoms with Gasteiger partial charge in [-0.1, -0.05) is 36.4 Å². The fourth-order valence-electron chi connectivity index (χ4n) is 2.59. The summed E-state index contributed by atoms with van der Waals surface area (Å²) in [6.07, 6.45) is -2.84. The van der Waals surface area contributed by atoms with Crippen molar-refractivity contribution >= 4 is 5.91 Å². The summed E-state index contributed by atoms with van der Waals surface area (Å²) >= 11 is 0. The normalized spacial score (nSPS) is 11.5. The molecule has 0 atom stereocenters. The lowest BCUT2D eigenvalue weighted by Gasteiger charge is -2.13. The van der Waals surface area contributed by atoms with Gasteiger partial charge in [0.15, 0.2) is 0 Å². The van der Waals surface area contributed by atoms with Crippen LogP contribution >= 0.6 is 0 Å².